The second-order valence-electron chi connectivity index (χ2n) is 12.9. The second kappa shape index (κ2) is 13.4. The van der Waals surface area contributed by atoms with Gasteiger partial charge >= 0.3 is 0 Å². The summed E-state index contributed by atoms with van der Waals surface area (Å²) in [6.07, 6.45) is 20.2. The summed E-state index contributed by atoms with van der Waals surface area (Å²) >= 11 is 0. The number of nitrogens with two attached hydrogens (primary N) is 1. The molecule has 0 saturated heterocycles. The summed E-state index contributed by atoms with van der Waals surface area (Å²) in [6.45, 7) is 7.76. The van der Waals surface area contributed by atoms with Gasteiger partial charge in [-0.15, -0.1) is 0 Å². The molecule has 0 fully saturated rings. The topological polar surface area (TPSA) is 50.1 Å². The lowest BCUT2D eigenvalue weighted by atomic mass is 9.76. The Morgan fingerprint density at radius 3 is 2.40 bits per heavy atom. The van der Waals surface area contributed by atoms with E-state index >= 15 is 0 Å². The van der Waals surface area contributed by atoms with E-state index in [1.165, 1.54) is 50.2 Å². The molecule has 4 N–H and O–H groups in total. The summed E-state index contributed by atoms with van der Waals surface area (Å²) in [5.41, 5.74) is 19.3. The maximum atomic E-state index is 6.73. The van der Waals surface area contributed by atoms with Crippen LogP contribution in [0, 0.1) is 0 Å². The van der Waals surface area contributed by atoms with Crippen molar-refractivity contribution in [3.8, 4) is 0 Å². The van der Waals surface area contributed by atoms with E-state index in [9.17, 15) is 0 Å². The number of dihydropyridines is 1. The maximum Gasteiger partial charge on any atom is 0.0664 e. The first-order valence-corrected chi connectivity index (χ1v) is 16.7. The number of hydrogen-bond donors (Lipinski definition) is 3. The predicted octanol–water partition coefficient (Wildman–Crippen LogP) is 8.90. The lowest BCUT2D eigenvalue weighted by molar-refractivity contribution is 0.436. The molecular formula is C44H43N3. The second-order valence-corrected chi connectivity index (χ2v) is 12.9. The van der Waals surface area contributed by atoms with Crippen LogP contribution < -0.4 is 16.4 Å². The molecule has 4 unspecified atom stereocenters. The minimum atomic E-state index is -0.350. The largest absolute Gasteiger partial charge is 0.381 e. The smallest absolute Gasteiger partial charge is 0.0664 e. The fourth-order valence-electron chi connectivity index (χ4n) is 7.45. The first-order chi connectivity index (χ1) is 23.0. The Morgan fingerprint density at radius 2 is 1.68 bits per heavy atom. The fourth-order valence-corrected chi connectivity index (χ4v) is 7.45. The van der Waals surface area contributed by atoms with Gasteiger partial charge in [0.15, 0.2) is 0 Å². The van der Waals surface area contributed by atoms with E-state index in [0.29, 0.717) is 0 Å². The summed E-state index contributed by atoms with van der Waals surface area (Å²) in [4.78, 5) is 0. The molecule has 4 aromatic rings. The van der Waals surface area contributed by atoms with Crippen LogP contribution in [0.4, 0.5) is 0 Å². The van der Waals surface area contributed by atoms with E-state index in [-0.39, 0.29) is 23.4 Å². The highest BCUT2D eigenvalue weighted by molar-refractivity contribution is 5.74. The molecule has 1 heterocycles. The van der Waals surface area contributed by atoms with Crippen LogP contribution in [0.1, 0.15) is 69.3 Å². The number of rotatable bonds is 10. The Morgan fingerprint density at radius 1 is 0.936 bits per heavy atom. The van der Waals surface area contributed by atoms with E-state index in [1.54, 1.807) is 6.08 Å². The number of nitrogens with one attached hydrogen (secondary N) is 2. The summed E-state index contributed by atoms with van der Waals surface area (Å²) in [6, 6.07) is 35.2. The van der Waals surface area contributed by atoms with Gasteiger partial charge in [0.2, 0.25) is 0 Å². The van der Waals surface area contributed by atoms with Crippen molar-refractivity contribution in [2.75, 3.05) is 6.54 Å². The molecule has 234 valence electrons. The molecule has 47 heavy (non-hydrogen) atoms. The first-order valence-electron chi connectivity index (χ1n) is 16.7. The van der Waals surface area contributed by atoms with Crippen LogP contribution in [0.25, 0.3) is 5.70 Å². The van der Waals surface area contributed by atoms with Crippen molar-refractivity contribution in [1.82, 2.24) is 10.6 Å². The lowest BCUT2D eigenvalue weighted by Gasteiger charge is -2.33. The van der Waals surface area contributed by atoms with Crippen LogP contribution in [-0.4, -0.2) is 6.54 Å². The number of hydrogen-bond acceptors (Lipinski definition) is 3. The van der Waals surface area contributed by atoms with Gasteiger partial charge in [0.25, 0.3) is 0 Å². The molecule has 0 aromatic heterocycles. The van der Waals surface area contributed by atoms with Crippen LogP contribution in [0.2, 0.25) is 0 Å². The average Bonchev–Trinajstić information content (AvgIpc) is 3.52. The molecule has 3 heteroatoms. The van der Waals surface area contributed by atoms with Crippen LogP contribution in [-0.2, 0) is 18.5 Å². The standard InChI is InChI=1S/C44H43N3/c1-3-4-20-41(45)34-28-39(42-21-11-12-26-46-42)38-27-33-16-13-19-37(43(33)40(38)29-34)32-22-24-36(25-23-32)44(2,35-17-9-6-10-18-35)47-30-31-14-7-5-8-15-31/h3-25,28-29,37,41,43,46-47H,1,26-27,30,45H2,2H3/b20-4-. The van der Waals surface area contributed by atoms with Crippen molar-refractivity contribution in [3.63, 3.8) is 0 Å². The minimum absolute atomic E-state index is 0.208. The van der Waals surface area contributed by atoms with Crippen LogP contribution in [0.3, 0.4) is 0 Å². The van der Waals surface area contributed by atoms with Crippen LogP contribution in [0.15, 0.2) is 164 Å². The van der Waals surface area contributed by atoms with Crippen molar-refractivity contribution in [2.45, 2.75) is 43.3 Å². The zero-order valence-corrected chi connectivity index (χ0v) is 27.1. The SMILES string of the molecule is C=C/C=C\C(N)c1cc(C2=CC=CCN2)c2c(c1)C1C(=CC=CC1c1ccc(C(C)(NCc3ccccc3)c3ccccc3)cc1)C2. The zero-order valence-electron chi connectivity index (χ0n) is 27.1. The van der Waals surface area contributed by atoms with E-state index in [0.717, 1.165) is 25.1 Å². The van der Waals surface area contributed by atoms with Crippen LogP contribution in [0.5, 0.6) is 0 Å². The van der Waals surface area contributed by atoms with Gasteiger partial charge in [0.05, 0.1) is 5.54 Å². The van der Waals surface area contributed by atoms with Gasteiger partial charge in [-0.05, 0) is 64.4 Å². The van der Waals surface area contributed by atoms with E-state index in [2.05, 4.69) is 158 Å². The molecule has 7 rings (SSSR count). The molecule has 2 aliphatic carbocycles. The molecule has 0 radical (unpaired) electrons. The highest BCUT2D eigenvalue weighted by atomic mass is 15.0. The molecule has 4 aromatic carbocycles. The molecule has 1 aliphatic heterocycles. The number of benzene rings is 4. The third-order valence-electron chi connectivity index (χ3n) is 10.1. The van der Waals surface area contributed by atoms with Gasteiger partial charge in [0, 0.05) is 42.2 Å². The van der Waals surface area contributed by atoms with Gasteiger partial charge in [-0.3, -0.25) is 5.32 Å². The number of allylic oxidation sites excluding steroid dienone is 8. The Labute approximate surface area is 279 Å². The minimum Gasteiger partial charge on any atom is -0.381 e. The van der Waals surface area contributed by atoms with Crippen molar-refractivity contribution in [2.24, 2.45) is 5.73 Å². The van der Waals surface area contributed by atoms with Crippen molar-refractivity contribution in [1.29, 1.82) is 0 Å². The van der Waals surface area contributed by atoms with Crippen molar-refractivity contribution < 1.29 is 0 Å². The summed E-state index contributed by atoms with van der Waals surface area (Å²) < 4.78 is 0. The van der Waals surface area contributed by atoms with Crippen molar-refractivity contribution in [3.05, 3.63) is 208 Å². The first kappa shape index (κ1) is 30.7. The summed E-state index contributed by atoms with van der Waals surface area (Å²) in [7, 11) is 0. The van der Waals surface area contributed by atoms with Gasteiger partial charge in [-0.1, -0.05) is 152 Å². The van der Waals surface area contributed by atoms with Gasteiger partial charge in [0.1, 0.15) is 0 Å². The summed E-state index contributed by atoms with van der Waals surface area (Å²) in [5.74, 6) is 0.508. The summed E-state index contributed by atoms with van der Waals surface area (Å²) in [5, 5.41) is 7.51. The Hall–Kier alpha value is -4.96. The molecule has 3 nitrogen and oxygen atoms in total. The zero-order chi connectivity index (χ0) is 32.2. The molecule has 4 atom stereocenters. The quantitative estimate of drug-likeness (QED) is 0.157. The number of fused-ring (bicyclic) bond motifs is 3. The predicted molar refractivity (Wildman–Crippen MR) is 197 cm³/mol. The Kier molecular flexibility index (Phi) is 8.76. The van der Waals surface area contributed by atoms with E-state index < -0.39 is 0 Å². The molecule has 3 aliphatic rings. The molecular weight excluding hydrogens is 571 g/mol. The molecule has 0 saturated carbocycles. The molecule has 0 amide bonds. The third-order valence-corrected chi connectivity index (χ3v) is 10.1. The Balaban J connectivity index is 1.25. The van der Waals surface area contributed by atoms with Crippen molar-refractivity contribution >= 4 is 5.70 Å². The van der Waals surface area contributed by atoms with E-state index in [4.69, 9.17) is 5.73 Å². The maximum absolute atomic E-state index is 6.73. The lowest BCUT2D eigenvalue weighted by Crippen LogP contribution is -2.40. The fraction of sp³-hybridized carbons (Fsp3) is 0.182. The van der Waals surface area contributed by atoms with Gasteiger partial charge < -0.3 is 11.1 Å². The average molecular weight is 614 g/mol. The molecule has 0 spiro atoms. The molecule has 0 bridgehead atoms. The monoisotopic (exact) mass is 613 g/mol. The highest BCUT2D eigenvalue weighted by Gasteiger charge is 2.37. The third kappa shape index (κ3) is 6.13. The Bertz CT molecular complexity index is 1890. The normalized spacial score (nSPS) is 20.0. The van der Waals surface area contributed by atoms with Gasteiger partial charge in [-0.2, -0.15) is 0 Å². The van der Waals surface area contributed by atoms with Gasteiger partial charge in [-0.25, -0.2) is 0 Å². The van der Waals surface area contributed by atoms with Crippen LogP contribution >= 0.6 is 0 Å². The highest BCUT2D eigenvalue weighted by Crippen LogP contribution is 2.51. The van der Waals surface area contributed by atoms with E-state index in [1.807, 2.05) is 12.2 Å².